The fourth-order valence-corrected chi connectivity index (χ4v) is 2.69. The molecule has 1 aromatic carbocycles. The minimum Gasteiger partial charge on any atom is -0.451 e. The van der Waals surface area contributed by atoms with Crippen molar-refractivity contribution in [3.63, 3.8) is 0 Å². The summed E-state index contributed by atoms with van der Waals surface area (Å²) in [5, 5.41) is 3.96. The lowest BCUT2D eigenvalue weighted by molar-refractivity contribution is 0.0318. The van der Waals surface area contributed by atoms with Crippen LogP contribution in [0.15, 0.2) is 30.5 Å². The number of hydrogen-bond acceptors (Lipinski definition) is 6. The predicted molar refractivity (Wildman–Crippen MR) is 92.1 cm³/mol. The van der Waals surface area contributed by atoms with Crippen LogP contribution in [0.4, 0.5) is 5.69 Å². The molecule has 0 saturated carbocycles. The highest BCUT2D eigenvalue weighted by Gasteiger charge is 2.22. The maximum absolute atomic E-state index is 12.4. The van der Waals surface area contributed by atoms with E-state index in [1.165, 1.54) is 42.1 Å². The van der Waals surface area contributed by atoms with Crippen molar-refractivity contribution in [3.8, 4) is 0 Å². The zero-order valence-corrected chi connectivity index (χ0v) is 15.1. The van der Waals surface area contributed by atoms with Gasteiger partial charge in [0.2, 0.25) is 15.8 Å². The van der Waals surface area contributed by atoms with Crippen molar-refractivity contribution in [2.24, 2.45) is 7.05 Å². The second-order valence-electron chi connectivity index (χ2n) is 5.63. The SMILES string of the molecule is Cc1c(C(=O)O[C@@H](C)C(=O)c2ccc(NS(C)(=O)=O)cc2)cnn1C. The first-order chi connectivity index (χ1) is 11.6. The number of benzene rings is 1. The van der Waals surface area contributed by atoms with Gasteiger partial charge in [0, 0.05) is 24.0 Å². The first kappa shape index (κ1) is 18.7. The van der Waals surface area contributed by atoms with Gasteiger partial charge in [0.25, 0.3) is 0 Å². The van der Waals surface area contributed by atoms with Gasteiger partial charge in [-0.2, -0.15) is 5.10 Å². The molecule has 0 aliphatic heterocycles. The van der Waals surface area contributed by atoms with Gasteiger partial charge < -0.3 is 4.74 Å². The number of carbonyl (C=O) groups excluding carboxylic acids is 2. The van der Waals surface area contributed by atoms with E-state index in [-0.39, 0.29) is 5.78 Å². The molecule has 0 fully saturated rings. The third-order valence-corrected chi connectivity index (χ3v) is 4.19. The summed E-state index contributed by atoms with van der Waals surface area (Å²) >= 11 is 0. The molecule has 0 aliphatic carbocycles. The quantitative estimate of drug-likeness (QED) is 0.614. The molecule has 1 atom stereocenters. The van der Waals surface area contributed by atoms with Crippen molar-refractivity contribution >= 4 is 27.5 Å². The van der Waals surface area contributed by atoms with Crippen molar-refractivity contribution < 1.29 is 22.7 Å². The molecule has 1 N–H and O–H groups in total. The second kappa shape index (κ2) is 7.06. The Hall–Kier alpha value is -2.68. The number of hydrogen-bond donors (Lipinski definition) is 1. The van der Waals surface area contributed by atoms with Crippen LogP contribution in [0.3, 0.4) is 0 Å². The Morgan fingerprint density at radius 1 is 1.24 bits per heavy atom. The molecule has 0 bridgehead atoms. The maximum Gasteiger partial charge on any atom is 0.342 e. The van der Waals surface area contributed by atoms with Crippen LogP contribution in [0.25, 0.3) is 0 Å². The first-order valence-corrected chi connectivity index (χ1v) is 9.29. The van der Waals surface area contributed by atoms with E-state index in [0.29, 0.717) is 22.5 Å². The summed E-state index contributed by atoms with van der Waals surface area (Å²) in [6.07, 6.45) is 1.44. The Labute approximate surface area is 145 Å². The third kappa shape index (κ3) is 4.66. The van der Waals surface area contributed by atoms with Crippen molar-refractivity contribution in [2.75, 3.05) is 11.0 Å². The Morgan fingerprint density at radius 2 is 1.84 bits per heavy atom. The van der Waals surface area contributed by atoms with Crippen LogP contribution in [-0.2, 0) is 21.8 Å². The molecule has 0 unspecified atom stereocenters. The molecule has 1 aromatic heterocycles. The van der Waals surface area contributed by atoms with Crippen LogP contribution >= 0.6 is 0 Å². The molecule has 2 rings (SSSR count). The third-order valence-electron chi connectivity index (χ3n) is 3.58. The molecular formula is C16H19N3O5S. The van der Waals surface area contributed by atoms with Gasteiger partial charge in [-0.25, -0.2) is 13.2 Å². The zero-order valence-electron chi connectivity index (χ0n) is 14.3. The smallest absolute Gasteiger partial charge is 0.342 e. The summed E-state index contributed by atoms with van der Waals surface area (Å²) in [5.74, 6) is -1.01. The standard InChI is InChI=1S/C16H19N3O5S/c1-10-14(9-17-19(10)3)16(21)24-11(2)15(20)12-5-7-13(8-6-12)18-25(4,22)23/h5-9,11,18H,1-4H3/t11-/m0/s1. The lowest BCUT2D eigenvalue weighted by Gasteiger charge is -2.12. The number of nitrogens with zero attached hydrogens (tertiary/aromatic N) is 2. The van der Waals surface area contributed by atoms with Gasteiger partial charge in [0.15, 0.2) is 6.10 Å². The zero-order chi connectivity index (χ0) is 18.8. The van der Waals surface area contributed by atoms with Gasteiger partial charge in [-0.3, -0.25) is 14.2 Å². The number of aromatic nitrogens is 2. The molecule has 1 heterocycles. The number of carbonyl (C=O) groups is 2. The summed E-state index contributed by atoms with van der Waals surface area (Å²) in [5.41, 5.74) is 1.59. The van der Waals surface area contributed by atoms with Gasteiger partial charge in [0.05, 0.1) is 12.5 Å². The fraction of sp³-hybridized carbons (Fsp3) is 0.312. The van der Waals surface area contributed by atoms with Crippen LogP contribution in [0, 0.1) is 6.92 Å². The van der Waals surface area contributed by atoms with E-state index in [1.807, 2.05) is 0 Å². The average Bonchev–Trinajstić information content (AvgIpc) is 2.85. The highest BCUT2D eigenvalue weighted by atomic mass is 32.2. The van der Waals surface area contributed by atoms with E-state index in [0.717, 1.165) is 6.26 Å². The molecule has 25 heavy (non-hydrogen) atoms. The number of nitrogens with one attached hydrogen (secondary N) is 1. The van der Waals surface area contributed by atoms with Gasteiger partial charge in [-0.05, 0) is 38.1 Å². The normalized spacial score (nSPS) is 12.5. The number of rotatable bonds is 6. The molecule has 134 valence electrons. The molecule has 0 amide bonds. The molecule has 9 heteroatoms. The summed E-state index contributed by atoms with van der Waals surface area (Å²) in [4.78, 5) is 24.5. The molecule has 0 aliphatic rings. The van der Waals surface area contributed by atoms with E-state index >= 15 is 0 Å². The number of esters is 1. The van der Waals surface area contributed by atoms with E-state index in [4.69, 9.17) is 4.74 Å². The Kier molecular flexibility index (Phi) is 5.27. The van der Waals surface area contributed by atoms with Crippen LogP contribution in [-0.4, -0.2) is 42.3 Å². The summed E-state index contributed by atoms with van der Waals surface area (Å²) in [6.45, 7) is 3.21. The minimum absolute atomic E-state index is 0.301. The highest BCUT2D eigenvalue weighted by molar-refractivity contribution is 7.92. The molecule has 2 aromatic rings. The molecule has 0 spiro atoms. The van der Waals surface area contributed by atoms with Crippen LogP contribution in [0.1, 0.15) is 33.3 Å². The van der Waals surface area contributed by atoms with Gasteiger partial charge in [-0.1, -0.05) is 0 Å². The predicted octanol–water partition coefficient (Wildman–Crippen LogP) is 1.53. The monoisotopic (exact) mass is 365 g/mol. The number of aryl methyl sites for hydroxylation is 1. The number of ether oxygens (including phenoxy) is 1. The Balaban J connectivity index is 2.07. The largest absolute Gasteiger partial charge is 0.451 e. The number of anilines is 1. The number of ketones is 1. The molecule has 8 nitrogen and oxygen atoms in total. The average molecular weight is 365 g/mol. The number of sulfonamides is 1. The van der Waals surface area contributed by atoms with Crippen LogP contribution in [0.2, 0.25) is 0 Å². The van der Waals surface area contributed by atoms with E-state index in [9.17, 15) is 18.0 Å². The molecule has 0 radical (unpaired) electrons. The van der Waals surface area contributed by atoms with Crippen molar-refractivity contribution in [1.82, 2.24) is 9.78 Å². The van der Waals surface area contributed by atoms with Crippen LogP contribution in [0.5, 0.6) is 0 Å². The lowest BCUT2D eigenvalue weighted by Crippen LogP contribution is -2.24. The minimum atomic E-state index is -3.39. The summed E-state index contributed by atoms with van der Waals surface area (Å²) in [7, 11) is -1.69. The van der Waals surface area contributed by atoms with Crippen molar-refractivity contribution in [1.29, 1.82) is 0 Å². The van der Waals surface area contributed by atoms with Gasteiger partial charge in [-0.15, -0.1) is 0 Å². The van der Waals surface area contributed by atoms with Gasteiger partial charge >= 0.3 is 5.97 Å². The van der Waals surface area contributed by atoms with E-state index in [1.54, 1.807) is 14.0 Å². The Bertz CT molecular complexity index is 900. The Morgan fingerprint density at radius 3 is 2.32 bits per heavy atom. The van der Waals surface area contributed by atoms with Gasteiger partial charge in [0.1, 0.15) is 5.56 Å². The van der Waals surface area contributed by atoms with E-state index in [2.05, 4.69) is 9.82 Å². The fourth-order valence-electron chi connectivity index (χ4n) is 2.13. The molecule has 0 saturated heterocycles. The summed E-state index contributed by atoms with van der Waals surface area (Å²) < 4.78 is 31.4. The topological polar surface area (TPSA) is 107 Å². The number of Topliss-reactive ketones (excluding diaryl/α,β-unsaturated/α-hetero) is 1. The second-order valence-corrected chi connectivity index (χ2v) is 7.38. The van der Waals surface area contributed by atoms with E-state index < -0.39 is 22.1 Å². The highest BCUT2D eigenvalue weighted by Crippen LogP contribution is 2.15. The molecular weight excluding hydrogens is 346 g/mol. The van der Waals surface area contributed by atoms with Crippen molar-refractivity contribution in [3.05, 3.63) is 47.3 Å². The van der Waals surface area contributed by atoms with Crippen molar-refractivity contribution in [2.45, 2.75) is 20.0 Å². The summed E-state index contributed by atoms with van der Waals surface area (Å²) in [6, 6.07) is 5.87. The lowest BCUT2D eigenvalue weighted by atomic mass is 10.1. The van der Waals surface area contributed by atoms with Crippen LogP contribution < -0.4 is 4.72 Å². The maximum atomic E-state index is 12.4. The first-order valence-electron chi connectivity index (χ1n) is 7.40.